The number of aromatic nitrogens is 4. The number of aryl methyl sites for hydroxylation is 1. The number of amides is 2. The average molecular weight is 503 g/mol. The lowest BCUT2D eigenvalue weighted by Gasteiger charge is -2.36. The zero-order valence-electron chi connectivity index (χ0n) is 19.2. The topological polar surface area (TPSA) is 97.4 Å². The van der Waals surface area contributed by atoms with Gasteiger partial charge in [0.1, 0.15) is 11.7 Å². The summed E-state index contributed by atoms with van der Waals surface area (Å²) >= 11 is 12.2. The normalized spacial score (nSPS) is 20.8. The highest BCUT2D eigenvalue weighted by molar-refractivity contribution is 6.42. The monoisotopic (exact) mass is 502 g/mol. The van der Waals surface area contributed by atoms with Gasteiger partial charge in [-0.05, 0) is 39.0 Å². The van der Waals surface area contributed by atoms with E-state index >= 15 is 0 Å². The molecule has 3 aromatic rings. The number of carbonyl (C=O) groups excluding carboxylic acids is 2. The first-order chi connectivity index (χ1) is 16.2. The van der Waals surface area contributed by atoms with Crippen molar-refractivity contribution >= 4 is 35.0 Å². The summed E-state index contributed by atoms with van der Waals surface area (Å²) in [5.41, 5.74) is 2.59. The van der Waals surface area contributed by atoms with Gasteiger partial charge in [0.2, 0.25) is 11.8 Å². The zero-order chi connectivity index (χ0) is 24.3. The van der Waals surface area contributed by atoms with Crippen molar-refractivity contribution in [1.29, 1.82) is 0 Å². The number of nitrogens with zero attached hydrogens (tertiary/aromatic N) is 6. The summed E-state index contributed by atoms with van der Waals surface area (Å²) in [5.74, 6) is 0.517. The first-order valence-corrected chi connectivity index (χ1v) is 11.9. The molecule has 2 amide bonds. The van der Waals surface area contributed by atoms with Crippen molar-refractivity contribution in [3.05, 3.63) is 62.5 Å². The molecule has 2 aliphatic rings. The van der Waals surface area contributed by atoms with E-state index in [1.165, 1.54) is 0 Å². The van der Waals surface area contributed by atoms with E-state index in [2.05, 4.69) is 10.2 Å². The molecule has 11 heteroatoms. The van der Waals surface area contributed by atoms with Crippen molar-refractivity contribution in [2.75, 3.05) is 6.54 Å². The number of benzene rings is 1. The summed E-state index contributed by atoms with van der Waals surface area (Å²) in [7, 11) is 0. The van der Waals surface area contributed by atoms with Gasteiger partial charge in [-0.15, -0.1) is 10.2 Å². The first kappa shape index (κ1) is 22.9. The van der Waals surface area contributed by atoms with Crippen molar-refractivity contribution in [3.8, 4) is 0 Å². The fraction of sp³-hybridized carbons (Fsp3) is 0.435. The van der Waals surface area contributed by atoms with E-state index in [0.717, 1.165) is 11.3 Å². The van der Waals surface area contributed by atoms with E-state index in [0.29, 0.717) is 46.0 Å². The van der Waals surface area contributed by atoms with Crippen LogP contribution in [0.5, 0.6) is 0 Å². The van der Waals surface area contributed by atoms with E-state index in [-0.39, 0.29) is 36.5 Å². The van der Waals surface area contributed by atoms with Crippen LogP contribution in [0.3, 0.4) is 0 Å². The van der Waals surface area contributed by atoms with Gasteiger partial charge in [-0.2, -0.15) is 5.10 Å². The number of rotatable bonds is 3. The molecule has 178 valence electrons. The van der Waals surface area contributed by atoms with Crippen molar-refractivity contribution in [1.82, 2.24) is 29.8 Å². The molecule has 1 aromatic carbocycles. The standard InChI is InChI=1S/C23H24Cl2N6O3/c1-11-7-19-16(10-29(11)22(32)15-5-6-17(24)18(25)8-15)20-23(33)30(9-12(2)31(20)28-19)13(3)21-27-26-14(4)34-21/h5-6,8,11-13H,7,9-10H2,1-4H3/t11-,12-,13-/m1/s1. The molecule has 9 nitrogen and oxygen atoms in total. The second-order valence-corrected chi connectivity index (χ2v) is 9.79. The molecule has 0 fully saturated rings. The Morgan fingerprint density at radius 1 is 1.18 bits per heavy atom. The number of hydrogen-bond donors (Lipinski definition) is 0. The Hall–Kier alpha value is -2.91. The molecule has 0 spiro atoms. The molecule has 0 saturated heterocycles. The largest absolute Gasteiger partial charge is 0.423 e. The molecule has 0 saturated carbocycles. The van der Waals surface area contributed by atoms with Crippen LogP contribution in [0.1, 0.15) is 76.7 Å². The van der Waals surface area contributed by atoms with Crippen LogP contribution < -0.4 is 0 Å². The third-order valence-corrected chi connectivity index (χ3v) is 7.32. The second kappa shape index (κ2) is 8.39. The van der Waals surface area contributed by atoms with Crippen molar-refractivity contribution in [2.45, 2.75) is 58.8 Å². The van der Waals surface area contributed by atoms with Crippen molar-refractivity contribution in [2.24, 2.45) is 0 Å². The van der Waals surface area contributed by atoms with Gasteiger partial charge in [0, 0.05) is 37.1 Å². The Morgan fingerprint density at radius 2 is 1.94 bits per heavy atom. The van der Waals surface area contributed by atoms with E-state index in [1.54, 1.807) is 39.6 Å². The molecule has 0 N–H and O–H groups in total. The fourth-order valence-electron chi connectivity index (χ4n) is 4.70. The zero-order valence-corrected chi connectivity index (χ0v) is 20.8. The summed E-state index contributed by atoms with van der Waals surface area (Å²) in [6.07, 6.45) is 0.556. The third-order valence-electron chi connectivity index (χ3n) is 6.58. The Balaban J connectivity index is 1.48. The summed E-state index contributed by atoms with van der Waals surface area (Å²) in [6, 6.07) is 4.34. The van der Waals surface area contributed by atoms with Crippen LogP contribution in [-0.4, -0.2) is 54.2 Å². The first-order valence-electron chi connectivity index (χ1n) is 11.1. The molecular formula is C23H24Cl2N6O3. The van der Waals surface area contributed by atoms with Crippen LogP contribution in [0, 0.1) is 6.92 Å². The summed E-state index contributed by atoms with van der Waals surface area (Å²) < 4.78 is 7.38. The number of hydrogen-bond acceptors (Lipinski definition) is 6. The van der Waals surface area contributed by atoms with Gasteiger partial charge >= 0.3 is 0 Å². The molecule has 2 aromatic heterocycles. The Kier molecular flexibility index (Phi) is 5.64. The van der Waals surface area contributed by atoms with Gasteiger partial charge in [-0.25, -0.2) is 0 Å². The van der Waals surface area contributed by atoms with Crippen LogP contribution >= 0.6 is 23.2 Å². The fourth-order valence-corrected chi connectivity index (χ4v) is 5.00. The lowest BCUT2D eigenvalue weighted by molar-refractivity contribution is 0.0546. The van der Waals surface area contributed by atoms with E-state index < -0.39 is 0 Å². The maximum Gasteiger partial charge on any atom is 0.273 e. The number of fused-ring (bicyclic) bond motifs is 3. The molecule has 0 unspecified atom stereocenters. The minimum Gasteiger partial charge on any atom is -0.423 e. The van der Waals surface area contributed by atoms with Crippen LogP contribution in [0.15, 0.2) is 22.6 Å². The van der Waals surface area contributed by atoms with Gasteiger partial charge in [-0.3, -0.25) is 14.3 Å². The number of halogens is 2. The van der Waals surface area contributed by atoms with Crippen LogP contribution in [0.4, 0.5) is 0 Å². The molecule has 2 aliphatic heterocycles. The van der Waals surface area contributed by atoms with Gasteiger partial charge in [0.25, 0.3) is 11.8 Å². The molecule has 0 radical (unpaired) electrons. The van der Waals surface area contributed by atoms with Gasteiger partial charge in [-0.1, -0.05) is 23.2 Å². The highest BCUT2D eigenvalue weighted by atomic mass is 35.5. The summed E-state index contributed by atoms with van der Waals surface area (Å²) in [6.45, 7) is 8.35. The predicted octanol–water partition coefficient (Wildman–Crippen LogP) is 4.25. The Bertz CT molecular complexity index is 1300. The van der Waals surface area contributed by atoms with E-state index in [4.69, 9.17) is 32.7 Å². The molecule has 5 rings (SSSR count). The smallest absolute Gasteiger partial charge is 0.273 e. The second-order valence-electron chi connectivity index (χ2n) is 8.98. The number of carbonyl (C=O) groups is 2. The van der Waals surface area contributed by atoms with Crippen molar-refractivity contribution in [3.63, 3.8) is 0 Å². The van der Waals surface area contributed by atoms with E-state index in [9.17, 15) is 9.59 Å². The quantitative estimate of drug-likeness (QED) is 0.530. The predicted molar refractivity (Wildman–Crippen MR) is 125 cm³/mol. The van der Waals surface area contributed by atoms with Crippen LogP contribution in [0.25, 0.3) is 0 Å². The minimum absolute atomic E-state index is 0.0423. The van der Waals surface area contributed by atoms with Crippen LogP contribution in [-0.2, 0) is 13.0 Å². The SMILES string of the molecule is Cc1nnc([C@@H](C)N2C[C@@H](C)n3nc4c(c3C2=O)CN(C(=O)c2ccc(Cl)c(Cl)c2)[C@H](C)C4)o1. The summed E-state index contributed by atoms with van der Waals surface area (Å²) in [5, 5.41) is 13.5. The maximum absolute atomic E-state index is 13.7. The Labute approximate surface area is 206 Å². The third kappa shape index (κ3) is 3.67. The lowest BCUT2D eigenvalue weighted by atomic mass is 9.97. The van der Waals surface area contributed by atoms with Gasteiger partial charge < -0.3 is 14.2 Å². The minimum atomic E-state index is -0.382. The lowest BCUT2D eigenvalue weighted by Crippen LogP contribution is -2.45. The molecule has 4 heterocycles. The van der Waals surface area contributed by atoms with Gasteiger partial charge in [0.05, 0.1) is 28.3 Å². The molecule has 3 atom stereocenters. The molecule has 0 bridgehead atoms. The van der Waals surface area contributed by atoms with Gasteiger partial charge in [0.15, 0.2) is 0 Å². The average Bonchev–Trinajstić information content (AvgIpc) is 3.40. The molecule has 34 heavy (non-hydrogen) atoms. The van der Waals surface area contributed by atoms with Crippen LogP contribution in [0.2, 0.25) is 10.0 Å². The highest BCUT2D eigenvalue weighted by Crippen LogP contribution is 2.35. The van der Waals surface area contributed by atoms with E-state index in [1.807, 2.05) is 20.8 Å². The molecule has 0 aliphatic carbocycles. The summed E-state index contributed by atoms with van der Waals surface area (Å²) in [4.78, 5) is 30.5. The van der Waals surface area contributed by atoms with Crippen molar-refractivity contribution < 1.29 is 14.0 Å². The maximum atomic E-state index is 13.7. The molecular weight excluding hydrogens is 479 g/mol. The Morgan fingerprint density at radius 3 is 2.62 bits per heavy atom. The highest BCUT2D eigenvalue weighted by Gasteiger charge is 2.41.